The summed E-state index contributed by atoms with van der Waals surface area (Å²) in [5, 5.41) is 10.1. The van der Waals surface area contributed by atoms with Gasteiger partial charge < -0.3 is 24.1 Å². The summed E-state index contributed by atoms with van der Waals surface area (Å²) in [5.41, 5.74) is 0.246. The zero-order valence-corrected chi connectivity index (χ0v) is 15.6. The van der Waals surface area contributed by atoms with E-state index in [1.54, 1.807) is 20.1 Å². The van der Waals surface area contributed by atoms with Gasteiger partial charge in [0.1, 0.15) is 11.9 Å². The lowest BCUT2D eigenvalue weighted by Crippen LogP contribution is -2.36. The summed E-state index contributed by atoms with van der Waals surface area (Å²) in [4.78, 5) is 11.5. The van der Waals surface area contributed by atoms with Crippen molar-refractivity contribution in [3.8, 4) is 5.75 Å². The minimum Gasteiger partial charge on any atom is -0.497 e. The molecule has 1 fully saturated rings. The van der Waals surface area contributed by atoms with Gasteiger partial charge in [0.05, 0.1) is 31.8 Å². The highest BCUT2D eigenvalue weighted by Gasteiger charge is 2.45. The second-order valence-corrected chi connectivity index (χ2v) is 6.53. The molecule has 4 atom stereocenters. The molecular weight excluding hydrogens is 336 g/mol. The minimum atomic E-state index is -0.778. The van der Waals surface area contributed by atoms with Crippen LogP contribution in [0.25, 0.3) is 0 Å². The molecular formula is C20H28O6. The maximum absolute atomic E-state index is 11.5. The van der Waals surface area contributed by atoms with E-state index in [1.165, 1.54) is 0 Å². The largest absolute Gasteiger partial charge is 0.497 e. The fraction of sp³-hybridized carbons (Fsp3) is 0.550. The summed E-state index contributed by atoms with van der Waals surface area (Å²) >= 11 is 0. The van der Waals surface area contributed by atoms with Crippen molar-refractivity contribution in [1.82, 2.24) is 0 Å². The minimum absolute atomic E-state index is 0.0224. The van der Waals surface area contributed by atoms with Crippen molar-refractivity contribution < 1.29 is 28.8 Å². The van der Waals surface area contributed by atoms with E-state index in [-0.39, 0.29) is 12.5 Å². The lowest BCUT2D eigenvalue weighted by atomic mass is 9.91. The predicted molar refractivity (Wildman–Crippen MR) is 96.8 cm³/mol. The van der Waals surface area contributed by atoms with Crippen LogP contribution >= 0.6 is 0 Å². The van der Waals surface area contributed by atoms with Crippen LogP contribution in [0.1, 0.15) is 45.0 Å². The molecule has 0 bridgehead atoms. The maximum Gasteiger partial charge on any atom is 0.308 e. The Balaban J connectivity index is 1.97. The fourth-order valence-electron chi connectivity index (χ4n) is 3.00. The SMILES string of the molecule is C=C[C@@H]1OC(c2ccc(OC)cc2)O[C@]1(C)CCC(O)CC(=O)OCC. The second-order valence-electron chi connectivity index (χ2n) is 6.53. The summed E-state index contributed by atoms with van der Waals surface area (Å²) in [6.07, 6.45) is 1.00. The molecule has 1 aliphatic rings. The third-order valence-corrected chi connectivity index (χ3v) is 4.53. The van der Waals surface area contributed by atoms with Crippen LogP contribution < -0.4 is 4.74 Å². The summed E-state index contributed by atoms with van der Waals surface area (Å²) in [5.74, 6) is 0.363. The van der Waals surface area contributed by atoms with Crippen molar-refractivity contribution in [3.63, 3.8) is 0 Å². The Morgan fingerprint density at radius 3 is 2.69 bits per heavy atom. The topological polar surface area (TPSA) is 74.2 Å². The average molecular weight is 364 g/mol. The highest BCUT2D eigenvalue weighted by Crippen LogP contribution is 2.41. The van der Waals surface area contributed by atoms with Crippen LogP contribution in [0.3, 0.4) is 0 Å². The maximum atomic E-state index is 11.5. The number of ether oxygens (including phenoxy) is 4. The van der Waals surface area contributed by atoms with Crippen molar-refractivity contribution in [2.45, 2.75) is 57.2 Å². The third-order valence-electron chi connectivity index (χ3n) is 4.53. The summed E-state index contributed by atoms with van der Waals surface area (Å²) in [6.45, 7) is 7.81. The Labute approximate surface area is 154 Å². The molecule has 0 amide bonds. The van der Waals surface area contributed by atoms with E-state index in [0.29, 0.717) is 19.4 Å². The lowest BCUT2D eigenvalue weighted by Gasteiger charge is -2.27. The zero-order valence-electron chi connectivity index (χ0n) is 15.6. The van der Waals surface area contributed by atoms with E-state index in [2.05, 4.69) is 6.58 Å². The van der Waals surface area contributed by atoms with E-state index in [4.69, 9.17) is 18.9 Å². The highest BCUT2D eigenvalue weighted by atomic mass is 16.7. The number of rotatable bonds is 9. The Kier molecular flexibility index (Phi) is 7.20. The smallest absolute Gasteiger partial charge is 0.308 e. The summed E-state index contributed by atoms with van der Waals surface area (Å²) in [7, 11) is 1.62. The van der Waals surface area contributed by atoms with Crippen molar-refractivity contribution in [1.29, 1.82) is 0 Å². The van der Waals surface area contributed by atoms with Gasteiger partial charge in [-0.2, -0.15) is 0 Å². The van der Waals surface area contributed by atoms with Gasteiger partial charge in [-0.1, -0.05) is 18.2 Å². The number of carbonyl (C=O) groups excluding carboxylic acids is 1. The van der Waals surface area contributed by atoms with Gasteiger partial charge in [0.15, 0.2) is 6.29 Å². The van der Waals surface area contributed by atoms with Crippen LogP contribution in [0, 0.1) is 0 Å². The Morgan fingerprint density at radius 2 is 2.12 bits per heavy atom. The van der Waals surface area contributed by atoms with Crippen LogP contribution in [-0.2, 0) is 19.0 Å². The summed E-state index contributed by atoms with van der Waals surface area (Å²) < 4.78 is 22.2. The number of carbonyl (C=O) groups is 1. The fourth-order valence-corrected chi connectivity index (χ4v) is 3.00. The van der Waals surface area contributed by atoms with E-state index in [0.717, 1.165) is 11.3 Å². The molecule has 1 aromatic carbocycles. The zero-order chi connectivity index (χ0) is 19.2. The molecule has 0 saturated carbocycles. The Morgan fingerprint density at radius 1 is 1.42 bits per heavy atom. The van der Waals surface area contributed by atoms with Crippen molar-refractivity contribution in [3.05, 3.63) is 42.5 Å². The second kappa shape index (κ2) is 9.16. The molecule has 2 unspecified atom stereocenters. The molecule has 1 heterocycles. The summed E-state index contributed by atoms with van der Waals surface area (Å²) in [6, 6.07) is 7.49. The van der Waals surface area contributed by atoms with Crippen LogP contribution in [0.2, 0.25) is 0 Å². The molecule has 1 saturated heterocycles. The molecule has 2 rings (SSSR count). The van der Waals surface area contributed by atoms with Crippen molar-refractivity contribution in [2.24, 2.45) is 0 Å². The number of benzene rings is 1. The van der Waals surface area contributed by atoms with Gasteiger partial charge in [0, 0.05) is 5.56 Å². The highest BCUT2D eigenvalue weighted by molar-refractivity contribution is 5.69. The first-order valence-electron chi connectivity index (χ1n) is 8.85. The monoisotopic (exact) mass is 364 g/mol. The Hall–Kier alpha value is -1.89. The third kappa shape index (κ3) is 5.06. The van der Waals surface area contributed by atoms with Gasteiger partial charge in [-0.3, -0.25) is 4.79 Å². The number of hydrogen-bond donors (Lipinski definition) is 1. The van der Waals surface area contributed by atoms with Gasteiger partial charge in [-0.25, -0.2) is 0 Å². The van der Waals surface area contributed by atoms with Crippen LogP contribution in [-0.4, -0.2) is 42.6 Å². The molecule has 6 heteroatoms. The van der Waals surface area contributed by atoms with Gasteiger partial charge in [-0.15, -0.1) is 6.58 Å². The number of aliphatic hydroxyl groups is 1. The normalized spacial score (nSPS) is 26.3. The predicted octanol–water partition coefficient (Wildman–Crippen LogP) is 3.15. The van der Waals surface area contributed by atoms with Gasteiger partial charge in [-0.05, 0) is 38.8 Å². The number of hydrogen-bond acceptors (Lipinski definition) is 6. The molecule has 6 nitrogen and oxygen atoms in total. The number of methoxy groups -OCH3 is 1. The number of esters is 1. The van der Waals surface area contributed by atoms with E-state index < -0.39 is 24.0 Å². The standard InChI is InChI=1S/C20H28O6/c1-5-17-20(3,12-11-15(21)13-18(22)24-6-2)26-19(25-17)14-7-9-16(23-4)10-8-14/h5,7-10,15,17,19,21H,1,6,11-13H2,2-4H3/t15?,17-,19?,20+/m0/s1. The first-order chi connectivity index (χ1) is 12.4. The molecule has 0 spiro atoms. The Bertz CT molecular complexity index is 599. The molecule has 144 valence electrons. The molecule has 1 N–H and O–H groups in total. The number of aliphatic hydroxyl groups excluding tert-OH is 1. The van der Waals surface area contributed by atoms with Gasteiger partial charge in [0.25, 0.3) is 0 Å². The van der Waals surface area contributed by atoms with Crippen molar-refractivity contribution in [2.75, 3.05) is 13.7 Å². The van der Waals surface area contributed by atoms with Crippen LogP contribution in [0.5, 0.6) is 5.75 Å². The molecule has 0 aliphatic carbocycles. The molecule has 1 aromatic rings. The van der Waals surface area contributed by atoms with Crippen molar-refractivity contribution >= 4 is 5.97 Å². The van der Waals surface area contributed by atoms with E-state index in [9.17, 15) is 9.90 Å². The van der Waals surface area contributed by atoms with Gasteiger partial charge >= 0.3 is 5.97 Å². The van der Waals surface area contributed by atoms with E-state index in [1.807, 2.05) is 31.2 Å². The quantitative estimate of drug-likeness (QED) is 0.536. The molecule has 1 aliphatic heterocycles. The van der Waals surface area contributed by atoms with Crippen LogP contribution in [0.15, 0.2) is 36.9 Å². The van der Waals surface area contributed by atoms with E-state index >= 15 is 0 Å². The molecule has 26 heavy (non-hydrogen) atoms. The van der Waals surface area contributed by atoms with Gasteiger partial charge in [0.2, 0.25) is 0 Å². The first kappa shape index (κ1) is 20.4. The molecule has 0 radical (unpaired) electrons. The molecule has 0 aromatic heterocycles. The average Bonchev–Trinajstić information content (AvgIpc) is 2.97. The first-order valence-corrected chi connectivity index (χ1v) is 8.85. The lowest BCUT2D eigenvalue weighted by molar-refractivity contribution is -0.145. The van der Waals surface area contributed by atoms with Crippen LogP contribution in [0.4, 0.5) is 0 Å².